The van der Waals surface area contributed by atoms with Gasteiger partial charge in [0.2, 0.25) is 0 Å². The quantitative estimate of drug-likeness (QED) is 0.167. The van der Waals surface area contributed by atoms with Crippen LogP contribution in [0.25, 0.3) is 0 Å². The van der Waals surface area contributed by atoms with Crippen molar-refractivity contribution in [1.29, 1.82) is 0 Å². The standard InChI is InChI=1S/C36H49N3Si/c1-25(2)40(26(3)4,27(5)6)35-17-16-34(21-35)36(31-13-7-10-28(18-31)22-37,32-14-8-11-29(19-32)23-38)33-15-9-12-30(20-33)24-39/h7-21,25-27,35H,22-24,37-39H2,1-6H3. The highest BCUT2D eigenvalue weighted by atomic mass is 28.3. The molecular weight excluding hydrogens is 503 g/mol. The number of allylic oxidation sites excluding steroid dienone is 4. The molecule has 0 saturated carbocycles. The van der Waals surface area contributed by atoms with Crippen LogP contribution in [-0.4, -0.2) is 8.07 Å². The molecule has 3 aromatic rings. The Balaban J connectivity index is 2.12. The minimum atomic E-state index is -1.79. The van der Waals surface area contributed by atoms with E-state index in [1.54, 1.807) is 0 Å². The van der Waals surface area contributed by atoms with E-state index >= 15 is 0 Å². The van der Waals surface area contributed by atoms with E-state index in [9.17, 15) is 0 Å². The highest BCUT2D eigenvalue weighted by molar-refractivity contribution is 6.85. The smallest absolute Gasteiger partial charge is 0.0724 e. The molecule has 0 saturated heterocycles. The first-order valence-electron chi connectivity index (χ1n) is 14.9. The lowest BCUT2D eigenvalue weighted by Gasteiger charge is -2.47. The highest BCUT2D eigenvalue weighted by Crippen LogP contribution is 2.56. The number of hydrogen-bond acceptors (Lipinski definition) is 3. The molecular formula is C36H49N3Si. The summed E-state index contributed by atoms with van der Waals surface area (Å²) >= 11 is 0. The van der Waals surface area contributed by atoms with Crippen molar-refractivity contribution in [3.05, 3.63) is 130 Å². The third-order valence-corrected chi connectivity index (χ3v) is 17.2. The van der Waals surface area contributed by atoms with Gasteiger partial charge in [0.1, 0.15) is 0 Å². The molecule has 0 aliphatic heterocycles. The van der Waals surface area contributed by atoms with Gasteiger partial charge in [-0.3, -0.25) is 0 Å². The summed E-state index contributed by atoms with van der Waals surface area (Å²) in [6.45, 7) is 16.2. The molecule has 0 aromatic heterocycles. The molecule has 1 aliphatic rings. The Labute approximate surface area is 243 Å². The lowest BCUT2D eigenvalue weighted by Crippen LogP contribution is -2.47. The van der Waals surface area contributed by atoms with Crippen molar-refractivity contribution in [2.24, 2.45) is 17.2 Å². The molecule has 212 valence electrons. The van der Waals surface area contributed by atoms with Crippen molar-refractivity contribution in [1.82, 2.24) is 0 Å². The van der Waals surface area contributed by atoms with Gasteiger partial charge in [-0.15, -0.1) is 0 Å². The molecule has 1 aliphatic carbocycles. The maximum Gasteiger partial charge on any atom is 0.0724 e. The van der Waals surface area contributed by atoms with Gasteiger partial charge in [0.15, 0.2) is 0 Å². The first-order valence-corrected chi connectivity index (χ1v) is 17.3. The first kappa shape index (κ1) is 30.2. The van der Waals surface area contributed by atoms with Crippen molar-refractivity contribution in [3.8, 4) is 0 Å². The molecule has 6 N–H and O–H groups in total. The summed E-state index contributed by atoms with van der Waals surface area (Å²) in [5.74, 6) is 0. The fourth-order valence-corrected chi connectivity index (χ4v) is 15.2. The molecule has 1 atom stereocenters. The SMILES string of the molecule is CC(C)[Si](C(C)C)(C(C)C)C1C=CC(C(c2cccc(CN)c2)(c2cccc(CN)c2)c2cccc(CN)c2)=C1. The average molecular weight is 552 g/mol. The van der Waals surface area contributed by atoms with Crippen molar-refractivity contribution in [2.75, 3.05) is 0 Å². The second-order valence-corrected chi connectivity index (χ2v) is 18.6. The van der Waals surface area contributed by atoms with E-state index in [0.29, 0.717) is 41.8 Å². The van der Waals surface area contributed by atoms with Gasteiger partial charge in [0.25, 0.3) is 0 Å². The summed E-state index contributed by atoms with van der Waals surface area (Å²) in [6.07, 6.45) is 7.59. The van der Waals surface area contributed by atoms with Crippen LogP contribution in [0, 0.1) is 0 Å². The predicted octanol–water partition coefficient (Wildman–Crippen LogP) is 7.94. The Morgan fingerprint density at radius 3 is 1.32 bits per heavy atom. The predicted molar refractivity (Wildman–Crippen MR) is 175 cm³/mol. The number of rotatable bonds is 11. The molecule has 1 unspecified atom stereocenters. The van der Waals surface area contributed by atoms with E-state index in [0.717, 1.165) is 16.7 Å². The second-order valence-electron chi connectivity index (χ2n) is 12.4. The number of benzene rings is 3. The summed E-state index contributed by atoms with van der Waals surface area (Å²) < 4.78 is 0. The largest absolute Gasteiger partial charge is 0.326 e. The summed E-state index contributed by atoms with van der Waals surface area (Å²) in [5, 5.41) is 0. The van der Waals surface area contributed by atoms with Crippen LogP contribution in [-0.2, 0) is 25.0 Å². The van der Waals surface area contributed by atoms with Crippen LogP contribution in [0.3, 0.4) is 0 Å². The van der Waals surface area contributed by atoms with E-state index in [2.05, 4.69) is 133 Å². The lowest BCUT2D eigenvalue weighted by atomic mass is 9.64. The van der Waals surface area contributed by atoms with Gasteiger partial charge >= 0.3 is 0 Å². The monoisotopic (exact) mass is 551 g/mol. The van der Waals surface area contributed by atoms with Crippen molar-refractivity contribution >= 4 is 8.07 Å². The van der Waals surface area contributed by atoms with Crippen LogP contribution >= 0.6 is 0 Å². The van der Waals surface area contributed by atoms with Gasteiger partial charge in [-0.1, -0.05) is 133 Å². The Morgan fingerprint density at radius 2 is 1.00 bits per heavy atom. The summed E-state index contributed by atoms with van der Waals surface area (Å²) in [7, 11) is -1.79. The normalized spacial score (nSPS) is 15.9. The second kappa shape index (κ2) is 12.4. The lowest BCUT2D eigenvalue weighted by molar-refractivity contribution is 0.735. The maximum absolute atomic E-state index is 6.21. The fourth-order valence-electron chi connectivity index (χ4n) is 8.02. The molecule has 0 heterocycles. The summed E-state index contributed by atoms with van der Waals surface area (Å²) in [4.78, 5) is 0. The molecule has 0 bridgehead atoms. The number of nitrogens with two attached hydrogens (primary N) is 3. The molecule has 3 nitrogen and oxygen atoms in total. The van der Waals surface area contributed by atoms with Gasteiger partial charge in [-0.2, -0.15) is 0 Å². The van der Waals surface area contributed by atoms with E-state index in [1.165, 1.54) is 22.3 Å². The van der Waals surface area contributed by atoms with Gasteiger partial charge in [0.05, 0.1) is 13.5 Å². The van der Waals surface area contributed by atoms with E-state index in [1.807, 2.05) is 0 Å². The summed E-state index contributed by atoms with van der Waals surface area (Å²) in [5.41, 5.74) is 28.9. The van der Waals surface area contributed by atoms with E-state index < -0.39 is 13.5 Å². The fraction of sp³-hybridized carbons (Fsp3) is 0.389. The van der Waals surface area contributed by atoms with Crippen LogP contribution in [0.2, 0.25) is 22.2 Å². The van der Waals surface area contributed by atoms with E-state index in [4.69, 9.17) is 17.2 Å². The molecule has 0 fully saturated rings. The molecule has 0 radical (unpaired) electrons. The van der Waals surface area contributed by atoms with Gasteiger partial charge in [-0.05, 0) is 61.1 Å². The zero-order valence-corrected chi connectivity index (χ0v) is 26.3. The Kier molecular flexibility index (Phi) is 9.36. The summed E-state index contributed by atoms with van der Waals surface area (Å²) in [6, 6.07) is 26.5. The molecule has 40 heavy (non-hydrogen) atoms. The van der Waals surface area contributed by atoms with Crippen molar-refractivity contribution in [2.45, 2.75) is 88.8 Å². The van der Waals surface area contributed by atoms with Crippen LogP contribution < -0.4 is 17.2 Å². The maximum atomic E-state index is 6.21. The van der Waals surface area contributed by atoms with Crippen molar-refractivity contribution < 1.29 is 0 Å². The minimum absolute atomic E-state index is 0.454. The first-order chi connectivity index (χ1) is 19.2. The van der Waals surface area contributed by atoms with Gasteiger partial charge < -0.3 is 17.2 Å². The third-order valence-electron chi connectivity index (χ3n) is 9.64. The van der Waals surface area contributed by atoms with Crippen LogP contribution in [0.4, 0.5) is 0 Å². The molecule has 4 heteroatoms. The van der Waals surface area contributed by atoms with Crippen molar-refractivity contribution in [3.63, 3.8) is 0 Å². The minimum Gasteiger partial charge on any atom is -0.326 e. The Bertz CT molecular complexity index is 1230. The Hall–Kier alpha value is -2.76. The number of hydrogen-bond donors (Lipinski definition) is 3. The van der Waals surface area contributed by atoms with E-state index in [-0.39, 0.29) is 0 Å². The van der Waals surface area contributed by atoms with Crippen LogP contribution in [0.5, 0.6) is 0 Å². The topological polar surface area (TPSA) is 78.1 Å². The van der Waals surface area contributed by atoms with Crippen LogP contribution in [0.15, 0.2) is 96.6 Å². The zero-order chi connectivity index (χ0) is 29.1. The average Bonchev–Trinajstić information content (AvgIpc) is 3.43. The molecule has 4 rings (SSSR count). The zero-order valence-electron chi connectivity index (χ0n) is 25.3. The highest BCUT2D eigenvalue weighted by Gasteiger charge is 2.50. The van der Waals surface area contributed by atoms with Gasteiger partial charge in [-0.25, -0.2) is 0 Å². The van der Waals surface area contributed by atoms with Crippen LogP contribution in [0.1, 0.15) is 74.9 Å². The third kappa shape index (κ3) is 5.07. The molecule has 0 amide bonds. The molecule has 3 aromatic carbocycles. The van der Waals surface area contributed by atoms with Gasteiger partial charge in [0, 0.05) is 19.6 Å². The molecule has 0 spiro atoms. The Morgan fingerprint density at radius 1 is 0.625 bits per heavy atom.